The standard InChI is InChI=1S/C21H26N2O3/c1-23-13-11-17(12-14-23)22-21(24)19-9-5-6-10-20(19)26-16-15-25-18-7-3-2-4-8-18/h2-10,17H,11-16H2,1H3,(H,22,24). The van der Waals surface area contributed by atoms with E-state index in [1.807, 2.05) is 48.5 Å². The lowest BCUT2D eigenvalue weighted by atomic mass is 10.0. The summed E-state index contributed by atoms with van der Waals surface area (Å²) in [5.74, 6) is 1.33. The zero-order valence-corrected chi connectivity index (χ0v) is 15.2. The molecule has 0 aromatic heterocycles. The lowest BCUT2D eigenvalue weighted by Gasteiger charge is -2.29. The fraction of sp³-hybridized carbons (Fsp3) is 0.381. The van der Waals surface area contributed by atoms with E-state index < -0.39 is 0 Å². The second-order valence-corrected chi connectivity index (χ2v) is 6.56. The van der Waals surface area contributed by atoms with E-state index in [4.69, 9.17) is 9.47 Å². The minimum atomic E-state index is -0.0702. The predicted octanol–water partition coefficient (Wildman–Crippen LogP) is 2.97. The van der Waals surface area contributed by atoms with Gasteiger partial charge >= 0.3 is 0 Å². The van der Waals surface area contributed by atoms with E-state index in [0.717, 1.165) is 31.7 Å². The number of piperidine rings is 1. The summed E-state index contributed by atoms with van der Waals surface area (Å²) in [5, 5.41) is 3.14. The molecule has 0 radical (unpaired) electrons. The average molecular weight is 354 g/mol. The number of hydrogen-bond donors (Lipinski definition) is 1. The maximum atomic E-state index is 12.6. The molecule has 1 amide bonds. The van der Waals surface area contributed by atoms with Gasteiger partial charge in [-0.3, -0.25) is 4.79 Å². The number of para-hydroxylation sites is 2. The highest BCUT2D eigenvalue weighted by molar-refractivity contribution is 5.97. The number of ether oxygens (including phenoxy) is 2. The molecule has 0 spiro atoms. The molecule has 0 bridgehead atoms. The van der Waals surface area contributed by atoms with Crippen molar-refractivity contribution in [2.24, 2.45) is 0 Å². The molecule has 1 fully saturated rings. The Morgan fingerprint density at radius 3 is 2.42 bits per heavy atom. The Labute approximate surface area is 154 Å². The minimum absolute atomic E-state index is 0.0702. The zero-order valence-electron chi connectivity index (χ0n) is 15.2. The van der Waals surface area contributed by atoms with E-state index in [1.165, 1.54) is 0 Å². The molecule has 1 aliphatic rings. The van der Waals surface area contributed by atoms with Gasteiger partial charge in [0.05, 0.1) is 5.56 Å². The van der Waals surface area contributed by atoms with Crippen molar-refractivity contribution in [2.45, 2.75) is 18.9 Å². The van der Waals surface area contributed by atoms with Gasteiger partial charge in [-0.05, 0) is 57.2 Å². The molecule has 1 aliphatic heterocycles. The molecule has 0 saturated carbocycles. The van der Waals surface area contributed by atoms with Crippen LogP contribution in [0.25, 0.3) is 0 Å². The third-order valence-corrected chi connectivity index (χ3v) is 4.54. The van der Waals surface area contributed by atoms with Crippen LogP contribution in [0.2, 0.25) is 0 Å². The molecule has 0 atom stereocenters. The van der Waals surface area contributed by atoms with Crippen LogP contribution in [0.1, 0.15) is 23.2 Å². The molecule has 1 saturated heterocycles. The Morgan fingerprint density at radius 2 is 1.65 bits per heavy atom. The minimum Gasteiger partial charge on any atom is -0.490 e. The molecule has 2 aromatic rings. The number of carbonyl (C=O) groups excluding carboxylic acids is 1. The second-order valence-electron chi connectivity index (χ2n) is 6.56. The van der Waals surface area contributed by atoms with E-state index >= 15 is 0 Å². The highest BCUT2D eigenvalue weighted by Crippen LogP contribution is 2.19. The first-order valence-electron chi connectivity index (χ1n) is 9.11. The van der Waals surface area contributed by atoms with Gasteiger partial charge in [0.1, 0.15) is 24.7 Å². The molecule has 1 heterocycles. The first kappa shape index (κ1) is 18.3. The summed E-state index contributed by atoms with van der Waals surface area (Å²) >= 11 is 0. The van der Waals surface area contributed by atoms with E-state index in [2.05, 4.69) is 17.3 Å². The summed E-state index contributed by atoms with van der Waals surface area (Å²) < 4.78 is 11.4. The topological polar surface area (TPSA) is 50.8 Å². The third-order valence-electron chi connectivity index (χ3n) is 4.54. The van der Waals surface area contributed by atoms with Gasteiger partial charge in [0.2, 0.25) is 0 Å². The number of benzene rings is 2. The molecule has 26 heavy (non-hydrogen) atoms. The second kappa shape index (κ2) is 9.25. The van der Waals surface area contributed by atoms with Crippen molar-refractivity contribution in [1.29, 1.82) is 0 Å². The SMILES string of the molecule is CN1CCC(NC(=O)c2ccccc2OCCOc2ccccc2)CC1. The fourth-order valence-electron chi connectivity index (χ4n) is 3.02. The lowest BCUT2D eigenvalue weighted by molar-refractivity contribution is 0.0911. The Bertz CT molecular complexity index is 697. The van der Waals surface area contributed by atoms with Crippen LogP contribution in [0.5, 0.6) is 11.5 Å². The first-order valence-corrected chi connectivity index (χ1v) is 9.11. The Balaban J connectivity index is 1.51. The van der Waals surface area contributed by atoms with Gasteiger partial charge in [-0.2, -0.15) is 0 Å². The number of carbonyl (C=O) groups is 1. The molecular formula is C21H26N2O3. The van der Waals surface area contributed by atoms with Crippen molar-refractivity contribution >= 4 is 5.91 Å². The van der Waals surface area contributed by atoms with Crippen LogP contribution in [0, 0.1) is 0 Å². The van der Waals surface area contributed by atoms with Crippen LogP contribution in [0.4, 0.5) is 0 Å². The molecule has 5 nitrogen and oxygen atoms in total. The molecule has 1 N–H and O–H groups in total. The van der Waals surface area contributed by atoms with Crippen LogP contribution in [-0.2, 0) is 0 Å². The Morgan fingerprint density at radius 1 is 1.00 bits per heavy atom. The quantitative estimate of drug-likeness (QED) is 0.777. The van der Waals surface area contributed by atoms with Gasteiger partial charge in [0.15, 0.2) is 0 Å². The van der Waals surface area contributed by atoms with Crippen LogP contribution in [-0.4, -0.2) is 50.2 Å². The van der Waals surface area contributed by atoms with Crippen molar-refractivity contribution in [3.05, 3.63) is 60.2 Å². The molecule has 2 aromatic carbocycles. The largest absolute Gasteiger partial charge is 0.490 e. The van der Waals surface area contributed by atoms with E-state index in [-0.39, 0.29) is 11.9 Å². The van der Waals surface area contributed by atoms with E-state index in [0.29, 0.717) is 24.5 Å². The normalized spacial score (nSPS) is 15.4. The summed E-state index contributed by atoms with van der Waals surface area (Å²) in [6.07, 6.45) is 1.96. The smallest absolute Gasteiger partial charge is 0.255 e. The van der Waals surface area contributed by atoms with Crippen molar-refractivity contribution in [2.75, 3.05) is 33.4 Å². The highest BCUT2D eigenvalue weighted by atomic mass is 16.5. The third kappa shape index (κ3) is 5.23. The van der Waals surface area contributed by atoms with Crippen molar-refractivity contribution in [3.63, 3.8) is 0 Å². The Hall–Kier alpha value is -2.53. The fourth-order valence-corrected chi connectivity index (χ4v) is 3.02. The number of nitrogens with one attached hydrogen (secondary N) is 1. The summed E-state index contributed by atoms with van der Waals surface area (Å²) in [4.78, 5) is 14.9. The zero-order chi connectivity index (χ0) is 18.2. The van der Waals surface area contributed by atoms with Gasteiger partial charge in [-0.25, -0.2) is 0 Å². The summed E-state index contributed by atoms with van der Waals surface area (Å²) in [7, 11) is 2.11. The number of likely N-dealkylation sites (tertiary alicyclic amines) is 1. The van der Waals surface area contributed by atoms with Crippen LogP contribution in [0.15, 0.2) is 54.6 Å². The van der Waals surface area contributed by atoms with Gasteiger partial charge in [0, 0.05) is 6.04 Å². The van der Waals surface area contributed by atoms with Crippen molar-refractivity contribution < 1.29 is 14.3 Å². The number of nitrogens with zero attached hydrogens (tertiary/aromatic N) is 1. The van der Waals surface area contributed by atoms with Crippen molar-refractivity contribution in [3.8, 4) is 11.5 Å². The molecular weight excluding hydrogens is 328 g/mol. The lowest BCUT2D eigenvalue weighted by Crippen LogP contribution is -2.43. The van der Waals surface area contributed by atoms with Crippen LogP contribution in [0.3, 0.4) is 0 Å². The van der Waals surface area contributed by atoms with Crippen LogP contribution >= 0.6 is 0 Å². The van der Waals surface area contributed by atoms with Gasteiger partial charge < -0.3 is 19.7 Å². The average Bonchev–Trinajstić information content (AvgIpc) is 2.68. The number of hydrogen-bond acceptors (Lipinski definition) is 4. The van der Waals surface area contributed by atoms with Gasteiger partial charge in [-0.1, -0.05) is 30.3 Å². The number of amides is 1. The highest BCUT2D eigenvalue weighted by Gasteiger charge is 2.20. The summed E-state index contributed by atoms with van der Waals surface area (Å²) in [6.45, 7) is 2.84. The maximum absolute atomic E-state index is 12.6. The first-order chi connectivity index (χ1) is 12.7. The summed E-state index contributed by atoms with van der Waals surface area (Å²) in [6, 6.07) is 17.2. The monoisotopic (exact) mass is 354 g/mol. The van der Waals surface area contributed by atoms with E-state index in [9.17, 15) is 4.79 Å². The van der Waals surface area contributed by atoms with Gasteiger partial charge in [0.25, 0.3) is 5.91 Å². The summed E-state index contributed by atoms with van der Waals surface area (Å²) in [5.41, 5.74) is 0.575. The molecule has 0 unspecified atom stereocenters. The predicted molar refractivity (Wildman–Crippen MR) is 102 cm³/mol. The maximum Gasteiger partial charge on any atom is 0.255 e. The Kier molecular flexibility index (Phi) is 6.50. The molecule has 138 valence electrons. The molecule has 3 rings (SSSR count). The van der Waals surface area contributed by atoms with Gasteiger partial charge in [-0.15, -0.1) is 0 Å². The van der Waals surface area contributed by atoms with Crippen LogP contribution < -0.4 is 14.8 Å². The molecule has 0 aliphatic carbocycles. The van der Waals surface area contributed by atoms with E-state index in [1.54, 1.807) is 6.07 Å². The van der Waals surface area contributed by atoms with Crippen molar-refractivity contribution in [1.82, 2.24) is 10.2 Å². The molecule has 5 heteroatoms. The number of rotatable bonds is 7.